The van der Waals surface area contributed by atoms with Gasteiger partial charge in [0, 0.05) is 0 Å². The molecule has 0 amide bonds. The van der Waals surface area contributed by atoms with Crippen molar-refractivity contribution >= 4 is 56.2 Å². The first-order chi connectivity index (χ1) is 12.0. The van der Waals surface area contributed by atoms with Crippen LogP contribution in [0.15, 0.2) is 72.8 Å². The summed E-state index contributed by atoms with van der Waals surface area (Å²) in [6, 6.07) is 20.7. The molecule has 4 nitrogen and oxygen atoms in total. The minimum absolute atomic E-state index is 0.349. The van der Waals surface area contributed by atoms with Crippen LogP contribution in [0, 0.1) is 0 Å². The summed E-state index contributed by atoms with van der Waals surface area (Å²) >= 11 is 12.5. The van der Waals surface area contributed by atoms with E-state index in [4.69, 9.17) is 23.2 Å². The molecule has 1 aliphatic heterocycles. The summed E-state index contributed by atoms with van der Waals surface area (Å²) in [5.74, 6) is 0. The molecule has 25 heavy (non-hydrogen) atoms. The van der Waals surface area contributed by atoms with Gasteiger partial charge in [0.25, 0.3) is 0 Å². The minimum atomic E-state index is -3.94. The lowest BCUT2D eigenvalue weighted by Crippen LogP contribution is -2.32. The summed E-state index contributed by atoms with van der Waals surface area (Å²) in [6.07, 6.45) is 0. The maximum atomic E-state index is 13.4. The van der Waals surface area contributed by atoms with Gasteiger partial charge in [0.05, 0.1) is 32.8 Å². The Kier molecular flexibility index (Phi) is 3.87. The predicted octanol–water partition coefficient (Wildman–Crippen LogP) is 5.53. The molecule has 1 heterocycles. The van der Waals surface area contributed by atoms with Crippen LogP contribution in [0.4, 0.5) is 22.7 Å². The van der Waals surface area contributed by atoms with Gasteiger partial charge in [0.2, 0.25) is 0 Å². The molecule has 0 aromatic heterocycles. The van der Waals surface area contributed by atoms with E-state index in [0.717, 1.165) is 0 Å². The van der Waals surface area contributed by atoms with E-state index in [-0.39, 0.29) is 0 Å². The highest BCUT2D eigenvalue weighted by Crippen LogP contribution is 2.51. The highest BCUT2D eigenvalue weighted by atomic mass is 35.5. The van der Waals surface area contributed by atoms with Crippen LogP contribution in [-0.2, 0) is 10.2 Å². The Morgan fingerprint density at radius 2 is 0.880 bits per heavy atom. The summed E-state index contributed by atoms with van der Waals surface area (Å²) in [6.45, 7) is 0. The summed E-state index contributed by atoms with van der Waals surface area (Å²) in [7, 11) is -3.94. The van der Waals surface area contributed by atoms with Crippen molar-refractivity contribution in [3.05, 3.63) is 82.8 Å². The molecular formula is C18H12Cl2N2O2S. The molecule has 0 saturated heterocycles. The topological polar surface area (TPSA) is 40.6 Å². The van der Waals surface area contributed by atoms with Gasteiger partial charge in [-0.15, -0.1) is 0 Å². The molecule has 7 heteroatoms. The van der Waals surface area contributed by atoms with Crippen molar-refractivity contribution in [2.75, 3.05) is 8.61 Å². The van der Waals surface area contributed by atoms with Gasteiger partial charge < -0.3 is 0 Å². The number of fused-ring (bicyclic) bond motifs is 1. The standard InChI is InChI=1S/C18H12Cl2N2O2S/c19-13-7-1-3-9-15(13)21-17-11-5-6-12-18(17)22(25(21,23)24)16-10-4-2-8-14(16)20/h1-12H. The Bertz CT molecular complexity index is 991. The molecule has 1 aliphatic rings. The third kappa shape index (κ3) is 2.47. The highest BCUT2D eigenvalue weighted by molar-refractivity contribution is 7.95. The normalized spacial score (nSPS) is 15.3. The molecule has 0 spiro atoms. The van der Waals surface area contributed by atoms with E-state index in [0.29, 0.717) is 32.8 Å². The van der Waals surface area contributed by atoms with Crippen LogP contribution in [0.3, 0.4) is 0 Å². The van der Waals surface area contributed by atoms with Crippen LogP contribution < -0.4 is 8.61 Å². The molecule has 126 valence electrons. The summed E-state index contributed by atoms with van der Waals surface area (Å²) < 4.78 is 29.3. The fraction of sp³-hybridized carbons (Fsp3) is 0. The second kappa shape index (κ2) is 5.95. The van der Waals surface area contributed by atoms with E-state index in [2.05, 4.69) is 0 Å². The number of hydrogen-bond acceptors (Lipinski definition) is 2. The molecule has 4 rings (SSSR count). The van der Waals surface area contributed by atoms with Crippen LogP contribution in [0.2, 0.25) is 10.0 Å². The molecule has 0 radical (unpaired) electrons. The lowest BCUT2D eigenvalue weighted by atomic mass is 10.2. The molecule has 0 aliphatic carbocycles. The average Bonchev–Trinajstić information content (AvgIpc) is 2.83. The smallest absolute Gasteiger partial charge is 0.218 e. The van der Waals surface area contributed by atoms with E-state index in [1.54, 1.807) is 72.8 Å². The largest absolute Gasteiger partial charge is 0.335 e. The zero-order chi connectivity index (χ0) is 17.6. The molecule has 0 N–H and O–H groups in total. The van der Waals surface area contributed by atoms with Gasteiger partial charge in [0.15, 0.2) is 0 Å². The molecule has 0 bridgehead atoms. The highest BCUT2D eigenvalue weighted by Gasteiger charge is 2.43. The number of rotatable bonds is 2. The number of benzene rings is 3. The number of halogens is 2. The first-order valence-electron chi connectivity index (χ1n) is 7.45. The monoisotopic (exact) mass is 390 g/mol. The van der Waals surface area contributed by atoms with Crippen molar-refractivity contribution in [1.29, 1.82) is 0 Å². The first-order valence-corrected chi connectivity index (χ1v) is 9.61. The summed E-state index contributed by atoms with van der Waals surface area (Å²) in [5, 5.41) is 0.698. The van der Waals surface area contributed by atoms with Crippen LogP contribution in [-0.4, -0.2) is 8.42 Å². The van der Waals surface area contributed by atoms with Crippen LogP contribution in [0.5, 0.6) is 0 Å². The second-order valence-electron chi connectivity index (χ2n) is 5.43. The molecule has 0 atom stereocenters. The van der Waals surface area contributed by atoms with Gasteiger partial charge in [-0.2, -0.15) is 8.42 Å². The van der Waals surface area contributed by atoms with Crippen molar-refractivity contribution in [1.82, 2.24) is 0 Å². The van der Waals surface area contributed by atoms with Crippen molar-refractivity contribution < 1.29 is 8.42 Å². The van der Waals surface area contributed by atoms with Crippen molar-refractivity contribution in [2.45, 2.75) is 0 Å². The Balaban J connectivity index is 2.01. The fourth-order valence-corrected chi connectivity index (χ4v) is 5.20. The second-order valence-corrected chi connectivity index (χ2v) is 7.87. The lowest BCUT2D eigenvalue weighted by Gasteiger charge is -2.23. The summed E-state index contributed by atoms with van der Waals surface area (Å²) in [4.78, 5) is 0. The Morgan fingerprint density at radius 3 is 1.24 bits per heavy atom. The molecule has 0 fully saturated rings. The van der Waals surface area contributed by atoms with E-state index >= 15 is 0 Å². The maximum absolute atomic E-state index is 13.4. The third-order valence-electron chi connectivity index (χ3n) is 3.92. The fourth-order valence-electron chi connectivity index (χ4n) is 2.88. The Labute approximate surface area is 156 Å². The zero-order valence-electron chi connectivity index (χ0n) is 12.8. The third-order valence-corrected chi connectivity index (χ3v) is 6.27. The van der Waals surface area contributed by atoms with E-state index in [9.17, 15) is 8.42 Å². The first kappa shape index (κ1) is 16.3. The van der Waals surface area contributed by atoms with Crippen molar-refractivity contribution in [3.8, 4) is 0 Å². The zero-order valence-corrected chi connectivity index (χ0v) is 15.1. The Hall–Kier alpha value is -2.21. The van der Waals surface area contributed by atoms with Gasteiger partial charge in [-0.25, -0.2) is 8.61 Å². The van der Waals surface area contributed by atoms with Crippen LogP contribution >= 0.6 is 23.2 Å². The molecule has 0 saturated carbocycles. The van der Waals surface area contributed by atoms with Gasteiger partial charge in [0.1, 0.15) is 0 Å². The maximum Gasteiger partial charge on any atom is 0.335 e. The number of nitrogens with zero attached hydrogens (tertiary/aromatic N) is 2. The summed E-state index contributed by atoms with van der Waals surface area (Å²) in [5.41, 5.74) is 1.84. The van der Waals surface area contributed by atoms with E-state index in [1.807, 2.05) is 0 Å². The van der Waals surface area contributed by atoms with Gasteiger partial charge in [-0.3, -0.25) is 0 Å². The van der Waals surface area contributed by atoms with Gasteiger partial charge in [-0.05, 0) is 36.4 Å². The lowest BCUT2D eigenvalue weighted by molar-refractivity contribution is 0.598. The molecule has 3 aromatic carbocycles. The molecule has 3 aromatic rings. The van der Waals surface area contributed by atoms with Gasteiger partial charge >= 0.3 is 10.2 Å². The van der Waals surface area contributed by atoms with Gasteiger partial charge in [-0.1, -0.05) is 59.6 Å². The van der Waals surface area contributed by atoms with Crippen LogP contribution in [0.25, 0.3) is 0 Å². The van der Waals surface area contributed by atoms with Crippen molar-refractivity contribution in [3.63, 3.8) is 0 Å². The molecular weight excluding hydrogens is 379 g/mol. The van der Waals surface area contributed by atoms with Crippen molar-refractivity contribution in [2.24, 2.45) is 0 Å². The quantitative estimate of drug-likeness (QED) is 0.577. The Morgan fingerprint density at radius 1 is 0.560 bits per heavy atom. The number of anilines is 4. The minimum Gasteiger partial charge on any atom is -0.218 e. The van der Waals surface area contributed by atoms with E-state index in [1.165, 1.54) is 8.61 Å². The predicted molar refractivity (Wildman–Crippen MR) is 103 cm³/mol. The number of hydrogen-bond donors (Lipinski definition) is 0. The number of para-hydroxylation sites is 4. The van der Waals surface area contributed by atoms with Crippen LogP contribution in [0.1, 0.15) is 0 Å². The SMILES string of the molecule is O=S1(=O)N(c2ccccc2Cl)c2ccccc2N1c1ccccc1Cl. The van der Waals surface area contributed by atoms with E-state index < -0.39 is 10.2 Å². The average molecular weight is 391 g/mol. The molecule has 0 unspecified atom stereocenters.